The number of amides is 1. The molecule has 6 heteroatoms. The Hall–Kier alpha value is -3.80. The van der Waals surface area contributed by atoms with E-state index in [1.165, 1.54) is 0 Å². The third kappa shape index (κ3) is 3.97. The summed E-state index contributed by atoms with van der Waals surface area (Å²) in [6, 6.07) is 15.6. The summed E-state index contributed by atoms with van der Waals surface area (Å²) in [4.78, 5) is 20.5. The number of pyridine rings is 1. The molecule has 2 aromatic heterocycles. The number of nitrogens with one attached hydrogen (secondary N) is 2. The molecule has 0 saturated heterocycles. The molecule has 2 aromatic carbocycles. The number of methoxy groups -OCH3 is 2. The molecule has 0 spiro atoms. The summed E-state index contributed by atoms with van der Waals surface area (Å²) in [6.07, 6.45) is 3.74. The fourth-order valence-corrected chi connectivity index (χ4v) is 3.66. The van der Waals surface area contributed by atoms with E-state index in [1.807, 2.05) is 62.5 Å². The number of para-hydroxylation sites is 1. The van der Waals surface area contributed by atoms with Gasteiger partial charge in [-0.15, -0.1) is 0 Å². The zero-order valence-electron chi connectivity index (χ0n) is 18.0. The average Bonchev–Trinajstić information content (AvgIpc) is 3.21. The first kappa shape index (κ1) is 20.5. The Kier molecular flexibility index (Phi) is 5.62. The number of carbonyl (C=O) groups is 1. The van der Waals surface area contributed by atoms with Crippen LogP contribution in [0.4, 0.5) is 0 Å². The van der Waals surface area contributed by atoms with Crippen LogP contribution < -0.4 is 14.8 Å². The van der Waals surface area contributed by atoms with Crippen LogP contribution in [-0.2, 0) is 0 Å². The Morgan fingerprint density at radius 2 is 1.74 bits per heavy atom. The van der Waals surface area contributed by atoms with Gasteiger partial charge >= 0.3 is 0 Å². The molecule has 0 saturated carbocycles. The van der Waals surface area contributed by atoms with Crippen molar-refractivity contribution in [3.05, 3.63) is 66.5 Å². The van der Waals surface area contributed by atoms with Crippen molar-refractivity contribution in [2.75, 3.05) is 14.2 Å². The number of nitrogens with zero attached hydrogens (tertiary/aromatic N) is 1. The van der Waals surface area contributed by atoms with E-state index in [2.05, 4.69) is 21.4 Å². The molecule has 0 aliphatic rings. The summed E-state index contributed by atoms with van der Waals surface area (Å²) < 4.78 is 10.9. The minimum atomic E-state index is -0.168. The van der Waals surface area contributed by atoms with Crippen LogP contribution >= 0.6 is 0 Å². The summed E-state index contributed by atoms with van der Waals surface area (Å²) in [7, 11) is 3.23. The van der Waals surface area contributed by atoms with E-state index in [-0.39, 0.29) is 11.9 Å². The highest BCUT2D eigenvalue weighted by molar-refractivity contribution is 6.00. The summed E-state index contributed by atoms with van der Waals surface area (Å²) in [6.45, 7) is 3.86. The Labute approximate surface area is 181 Å². The molecule has 0 bridgehead atoms. The van der Waals surface area contributed by atoms with Gasteiger partial charge in [0.15, 0.2) is 0 Å². The summed E-state index contributed by atoms with van der Waals surface area (Å²) in [5.74, 6) is 1.16. The van der Waals surface area contributed by atoms with Gasteiger partial charge in [0.1, 0.15) is 17.1 Å². The molecule has 4 rings (SSSR count). The fourth-order valence-electron chi connectivity index (χ4n) is 3.66. The molecule has 1 amide bonds. The van der Waals surface area contributed by atoms with Crippen molar-refractivity contribution in [2.24, 2.45) is 0 Å². The van der Waals surface area contributed by atoms with Crippen molar-refractivity contribution >= 4 is 16.9 Å². The molecule has 0 unspecified atom stereocenters. The first-order chi connectivity index (χ1) is 15.0. The van der Waals surface area contributed by atoms with Crippen LogP contribution in [0.5, 0.6) is 11.5 Å². The zero-order chi connectivity index (χ0) is 22.0. The topological polar surface area (TPSA) is 76.2 Å². The van der Waals surface area contributed by atoms with Crippen molar-refractivity contribution in [1.82, 2.24) is 15.3 Å². The number of hydrogen-bond donors (Lipinski definition) is 2. The number of aromatic nitrogens is 2. The third-order valence-corrected chi connectivity index (χ3v) is 5.13. The van der Waals surface area contributed by atoms with Gasteiger partial charge in [0.2, 0.25) is 0 Å². The van der Waals surface area contributed by atoms with E-state index in [4.69, 9.17) is 9.47 Å². The van der Waals surface area contributed by atoms with Gasteiger partial charge in [-0.1, -0.05) is 24.3 Å². The lowest BCUT2D eigenvalue weighted by Gasteiger charge is -2.13. The lowest BCUT2D eigenvalue weighted by Crippen LogP contribution is -2.30. The van der Waals surface area contributed by atoms with Crippen LogP contribution in [0, 0.1) is 0 Å². The van der Waals surface area contributed by atoms with Crippen molar-refractivity contribution < 1.29 is 14.3 Å². The molecule has 4 aromatic rings. The lowest BCUT2D eigenvalue weighted by atomic mass is 10.00. The van der Waals surface area contributed by atoms with Crippen LogP contribution in [-0.4, -0.2) is 36.1 Å². The summed E-state index contributed by atoms with van der Waals surface area (Å²) >= 11 is 0. The van der Waals surface area contributed by atoms with Gasteiger partial charge < -0.3 is 19.8 Å². The van der Waals surface area contributed by atoms with E-state index in [1.54, 1.807) is 20.4 Å². The van der Waals surface area contributed by atoms with Gasteiger partial charge in [-0.2, -0.15) is 0 Å². The molecule has 2 heterocycles. The van der Waals surface area contributed by atoms with Crippen LogP contribution in [0.25, 0.3) is 33.3 Å². The van der Waals surface area contributed by atoms with E-state index < -0.39 is 0 Å². The lowest BCUT2D eigenvalue weighted by molar-refractivity contribution is 0.0940. The van der Waals surface area contributed by atoms with Gasteiger partial charge in [0.25, 0.3) is 5.91 Å². The first-order valence-corrected chi connectivity index (χ1v) is 10.1. The number of hydrogen-bond acceptors (Lipinski definition) is 4. The molecule has 0 radical (unpaired) electrons. The van der Waals surface area contributed by atoms with E-state index in [9.17, 15) is 4.79 Å². The Morgan fingerprint density at radius 1 is 0.968 bits per heavy atom. The number of carbonyl (C=O) groups excluding carboxylic acids is 1. The number of ether oxygens (including phenoxy) is 2. The smallest absolute Gasteiger partial charge is 0.255 e. The Balaban J connectivity index is 1.81. The van der Waals surface area contributed by atoms with Crippen molar-refractivity contribution in [3.8, 4) is 33.8 Å². The average molecular weight is 415 g/mol. The van der Waals surface area contributed by atoms with Gasteiger partial charge in [-0.3, -0.25) is 4.79 Å². The molecular weight excluding hydrogens is 390 g/mol. The number of benzene rings is 2. The Bertz CT molecular complexity index is 1240. The fraction of sp³-hybridized carbons (Fsp3) is 0.200. The monoisotopic (exact) mass is 415 g/mol. The second kappa shape index (κ2) is 8.52. The highest BCUT2D eigenvalue weighted by Gasteiger charge is 2.16. The third-order valence-electron chi connectivity index (χ3n) is 5.13. The van der Waals surface area contributed by atoms with E-state index in [0.717, 1.165) is 39.0 Å². The molecule has 0 aliphatic heterocycles. The van der Waals surface area contributed by atoms with Crippen LogP contribution in [0.2, 0.25) is 0 Å². The molecule has 0 atom stereocenters. The summed E-state index contributed by atoms with van der Waals surface area (Å²) in [5.41, 5.74) is 5.07. The normalized spacial score (nSPS) is 11.0. The maximum absolute atomic E-state index is 12.7. The van der Waals surface area contributed by atoms with E-state index >= 15 is 0 Å². The van der Waals surface area contributed by atoms with Crippen molar-refractivity contribution in [2.45, 2.75) is 19.9 Å². The highest BCUT2D eigenvalue weighted by atomic mass is 16.5. The maximum Gasteiger partial charge on any atom is 0.255 e. The van der Waals surface area contributed by atoms with Crippen LogP contribution in [0.3, 0.4) is 0 Å². The SMILES string of the molecule is COc1ccc(-c2cnc3[nH]cc(-c4ccccc4OC)c3c2)cc1C(=O)NC(C)C. The molecular formula is C25H25N3O3. The van der Waals surface area contributed by atoms with Crippen molar-refractivity contribution in [1.29, 1.82) is 0 Å². The first-order valence-electron chi connectivity index (χ1n) is 10.1. The predicted octanol–water partition coefficient (Wildman–Crippen LogP) is 5.05. The molecule has 2 N–H and O–H groups in total. The number of fused-ring (bicyclic) bond motifs is 1. The predicted molar refractivity (Wildman–Crippen MR) is 123 cm³/mol. The molecule has 6 nitrogen and oxygen atoms in total. The largest absolute Gasteiger partial charge is 0.496 e. The van der Waals surface area contributed by atoms with Gasteiger partial charge in [0.05, 0.1) is 19.8 Å². The van der Waals surface area contributed by atoms with Gasteiger partial charge in [0, 0.05) is 40.5 Å². The number of aromatic amines is 1. The second-order valence-corrected chi connectivity index (χ2v) is 7.57. The zero-order valence-corrected chi connectivity index (χ0v) is 18.0. The van der Waals surface area contributed by atoms with Crippen LogP contribution in [0.15, 0.2) is 60.9 Å². The Morgan fingerprint density at radius 3 is 2.48 bits per heavy atom. The quantitative estimate of drug-likeness (QED) is 0.462. The molecule has 0 aliphatic carbocycles. The number of rotatable bonds is 6. The minimum Gasteiger partial charge on any atom is -0.496 e. The van der Waals surface area contributed by atoms with Crippen molar-refractivity contribution in [3.63, 3.8) is 0 Å². The summed E-state index contributed by atoms with van der Waals surface area (Å²) in [5, 5.41) is 3.91. The van der Waals surface area contributed by atoms with Crippen LogP contribution in [0.1, 0.15) is 24.2 Å². The standard InChI is InChI=1S/C25H25N3O3/c1-15(2)28-25(29)20-11-16(9-10-23(20)31-4)17-12-19-21(14-27-24(19)26-13-17)18-7-5-6-8-22(18)30-3/h5-15H,1-4H3,(H,26,27)(H,28,29). The number of H-pyrrole nitrogens is 1. The van der Waals surface area contributed by atoms with Gasteiger partial charge in [-0.05, 0) is 43.7 Å². The highest BCUT2D eigenvalue weighted by Crippen LogP contribution is 2.36. The molecule has 0 fully saturated rings. The van der Waals surface area contributed by atoms with Gasteiger partial charge in [-0.25, -0.2) is 4.98 Å². The maximum atomic E-state index is 12.7. The second-order valence-electron chi connectivity index (χ2n) is 7.57. The van der Waals surface area contributed by atoms with E-state index in [0.29, 0.717) is 11.3 Å². The minimum absolute atomic E-state index is 0.0298. The molecule has 158 valence electrons. The molecule has 31 heavy (non-hydrogen) atoms.